The molecule has 3 heteroatoms. The number of hydrogen-bond acceptors (Lipinski definition) is 2. The molecule has 0 aliphatic rings. The lowest BCUT2D eigenvalue weighted by molar-refractivity contribution is 0.271. The van der Waals surface area contributed by atoms with Crippen molar-refractivity contribution < 1.29 is 4.74 Å². The van der Waals surface area contributed by atoms with Gasteiger partial charge in [0.05, 0.1) is 6.61 Å². The molecule has 0 fully saturated rings. The molecule has 2 aromatic carbocycles. The van der Waals surface area contributed by atoms with E-state index in [4.69, 9.17) is 4.74 Å². The molecule has 2 nitrogen and oxygen atoms in total. The second-order valence-corrected chi connectivity index (χ2v) is 6.57. The maximum Gasteiger partial charge on any atom is 0.121 e. The molecule has 0 aliphatic carbocycles. The third-order valence-electron chi connectivity index (χ3n) is 3.15. The van der Waals surface area contributed by atoms with Crippen LogP contribution < -0.4 is 10.1 Å². The lowest BCUT2D eigenvalue weighted by Crippen LogP contribution is -2.07. The number of anilines is 1. The van der Waals surface area contributed by atoms with Gasteiger partial charge in [0.2, 0.25) is 0 Å². The van der Waals surface area contributed by atoms with E-state index < -0.39 is 0 Å². The zero-order chi connectivity index (χ0) is 15.2. The summed E-state index contributed by atoms with van der Waals surface area (Å²) in [5.41, 5.74) is 2.32. The Kier molecular flexibility index (Phi) is 5.68. The fourth-order valence-corrected chi connectivity index (χ4v) is 2.46. The highest BCUT2D eigenvalue weighted by Gasteiger charge is 2.06. The van der Waals surface area contributed by atoms with Crippen molar-refractivity contribution in [2.45, 2.75) is 26.8 Å². The molecule has 0 heterocycles. The van der Waals surface area contributed by atoms with Gasteiger partial charge in [0.1, 0.15) is 5.75 Å². The van der Waals surface area contributed by atoms with Crippen LogP contribution in [0.2, 0.25) is 0 Å². The number of rotatable bonds is 6. The zero-order valence-corrected chi connectivity index (χ0v) is 14.4. The van der Waals surface area contributed by atoms with E-state index in [9.17, 15) is 0 Å². The van der Waals surface area contributed by atoms with E-state index in [1.807, 2.05) is 18.2 Å². The lowest BCUT2D eigenvalue weighted by Gasteiger charge is -2.17. The number of halogens is 1. The maximum atomic E-state index is 5.77. The molecule has 2 rings (SSSR count). The summed E-state index contributed by atoms with van der Waals surface area (Å²) in [5.74, 6) is 1.44. The normalized spacial score (nSPS) is 12.2. The first-order chi connectivity index (χ1) is 10.0. The highest BCUT2D eigenvalue weighted by molar-refractivity contribution is 9.10. The molecule has 1 atom stereocenters. The molecule has 112 valence electrons. The Morgan fingerprint density at radius 1 is 1.05 bits per heavy atom. The molecule has 2 aromatic rings. The predicted molar refractivity (Wildman–Crippen MR) is 93.0 cm³/mol. The van der Waals surface area contributed by atoms with Crippen LogP contribution in [0.15, 0.2) is 53.0 Å². The Morgan fingerprint density at radius 2 is 1.81 bits per heavy atom. The van der Waals surface area contributed by atoms with Crippen LogP contribution in [-0.4, -0.2) is 6.61 Å². The summed E-state index contributed by atoms with van der Waals surface area (Å²) < 4.78 is 6.87. The highest BCUT2D eigenvalue weighted by atomic mass is 79.9. The van der Waals surface area contributed by atoms with Crippen LogP contribution in [0, 0.1) is 5.92 Å². The average molecular weight is 348 g/mol. The summed E-state index contributed by atoms with van der Waals surface area (Å²) in [5, 5.41) is 3.51. The quantitative estimate of drug-likeness (QED) is 0.728. The van der Waals surface area contributed by atoms with E-state index in [1.165, 1.54) is 5.56 Å². The van der Waals surface area contributed by atoms with Crippen molar-refractivity contribution in [3.63, 3.8) is 0 Å². The van der Waals surface area contributed by atoms with Crippen molar-refractivity contribution >= 4 is 21.6 Å². The summed E-state index contributed by atoms with van der Waals surface area (Å²) in [6.45, 7) is 7.20. The van der Waals surface area contributed by atoms with Crippen molar-refractivity contribution in [1.29, 1.82) is 0 Å². The van der Waals surface area contributed by atoms with Gasteiger partial charge >= 0.3 is 0 Å². The Morgan fingerprint density at radius 3 is 2.52 bits per heavy atom. The minimum absolute atomic E-state index is 0.239. The van der Waals surface area contributed by atoms with Gasteiger partial charge in [-0.3, -0.25) is 0 Å². The molecule has 0 spiro atoms. The first-order valence-corrected chi connectivity index (χ1v) is 8.09. The van der Waals surface area contributed by atoms with Gasteiger partial charge in [-0.1, -0.05) is 48.0 Å². The number of ether oxygens (including phenoxy) is 1. The molecule has 0 aromatic heterocycles. The zero-order valence-electron chi connectivity index (χ0n) is 12.8. The molecule has 0 bridgehead atoms. The number of nitrogens with one attached hydrogen (secondary N) is 1. The largest absolute Gasteiger partial charge is 0.493 e. The molecule has 1 N–H and O–H groups in total. The van der Waals surface area contributed by atoms with E-state index in [0.29, 0.717) is 5.92 Å². The second-order valence-electron chi connectivity index (χ2n) is 5.65. The van der Waals surface area contributed by atoms with E-state index >= 15 is 0 Å². The number of benzene rings is 2. The van der Waals surface area contributed by atoms with Crippen molar-refractivity contribution in [1.82, 2.24) is 0 Å². The molecule has 0 radical (unpaired) electrons. The minimum atomic E-state index is 0.239. The van der Waals surface area contributed by atoms with Crippen LogP contribution >= 0.6 is 15.9 Å². The molecule has 1 unspecified atom stereocenters. The third kappa shape index (κ3) is 5.09. The molecule has 0 saturated heterocycles. The molecular weight excluding hydrogens is 326 g/mol. The van der Waals surface area contributed by atoms with Gasteiger partial charge in [-0.05, 0) is 42.7 Å². The van der Waals surface area contributed by atoms with E-state index in [1.54, 1.807) is 0 Å². The van der Waals surface area contributed by atoms with E-state index in [0.717, 1.165) is 22.5 Å². The summed E-state index contributed by atoms with van der Waals surface area (Å²) in [6, 6.07) is 16.7. The average Bonchev–Trinajstić information content (AvgIpc) is 2.45. The second kappa shape index (κ2) is 7.51. The lowest BCUT2D eigenvalue weighted by atomic mass is 10.1. The van der Waals surface area contributed by atoms with Gasteiger partial charge in [-0.25, -0.2) is 0 Å². The minimum Gasteiger partial charge on any atom is -0.493 e. The topological polar surface area (TPSA) is 21.3 Å². The van der Waals surface area contributed by atoms with Gasteiger partial charge in [-0.2, -0.15) is 0 Å². The smallest absolute Gasteiger partial charge is 0.121 e. The fourth-order valence-electron chi connectivity index (χ4n) is 2.05. The monoisotopic (exact) mass is 347 g/mol. The highest BCUT2D eigenvalue weighted by Crippen LogP contribution is 2.24. The summed E-state index contributed by atoms with van der Waals surface area (Å²) in [7, 11) is 0. The van der Waals surface area contributed by atoms with Crippen LogP contribution in [-0.2, 0) is 0 Å². The Labute approximate surface area is 135 Å². The fraction of sp³-hybridized carbons (Fsp3) is 0.333. The first kappa shape index (κ1) is 15.9. The van der Waals surface area contributed by atoms with Crippen molar-refractivity contribution in [3.05, 3.63) is 58.6 Å². The Hall–Kier alpha value is -1.48. The van der Waals surface area contributed by atoms with Crippen LogP contribution in [0.5, 0.6) is 5.75 Å². The third-order valence-corrected chi connectivity index (χ3v) is 3.64. The van der Waals surface area contributed by atoms with Crippen molar-refractivity contribution in [3.8, 4) is 5.75 Å². The molecule has 21 heavy (non-hydrogen) atoms. The standard InChI is InChI=1S/C18H22BrNO/c1-13(2)12-21-18-9-5-8-17(11-18)20-14(3)15-6-4-7-16(19)10-15/h4-11,13-14,20H,12H2,1-3H3. The molecule has 0 amide bonds. The maximum absolute atomic E-state index is 5.77. The Balaban J connectivity index is 2.03. The molecule has 0 aliphatic heterocycles. The molecule has 0 saturated carbocycles. The van der Waals surface area contributed by atoms with Gasteiger partial charge in [-0.15, -0.1) is 0 Å². The van der Waals surface area contributed by atoms with Crippen molar-refractivity contribution in [2.75, 3.05) is 11.9 Å². The number of hydrogen-bond donors (Lipinski definition) is 1. The summed E-state index contributed by atoms with van der Waals surface area (Å²) in [4.78, 5) is 0. The Bertz CT molecular complexity index is 583. The van der Waals surface area contributed by atoms with Gasteiger partial charge in [0, 0.05) is 22.3 Å². The van der Waals surface area contributed by atoms with Gasteiger partial charge < -0.3 is 10.1 Å². The summed E-state index contributed by atoms with van der Waals surface area (Å²) >= 11 is 3.51. The predicted octanol–water partition coefficient (Wildman–Crippen LogP) is 5.66. The van der Waals surface area contributed by atoms with E-state index in [-0.39, 0.29) is 6.04 Å². The summed E-state index contributed by atoms with van der Waals surface area (Å²) in [6.07, 6.45) is 0. The first-order valence-electron chi connectivity index (χ1n) is 7.29. The van der Waals surface area contributed by atoms with Gasteiger partial charge in [0.25, 0.3) is 0 Å². The van der Waals surface area contributed by atoms with Crippen LogP contribution in [0.4, 0.5) is 5.69 Å². The van der Waals surface area contributed by atoms with E-state index in [2.05, 4.69) is 72.3 Å². The van der Waals surface area contributed by atoms with Crippen molar-refractivity contribution in [2.24, 2.45) is 5.92 Å². The SMILES string of the molecule is CC(C)COc1cccc(NC(C)c2cccc(Br)c2)c1. The van der Waals surface area contributed by atoms with Crippen LogP contribution in [0.1, 0.15) is 32.4 Å². The van der Waals surface area contributed by atoms with Crippen LogP contribution in [0.25, 0.3) is 0 Å². The van der Waals surface area contributed by atoms with Gasteiger partial charge in [0.15, 0.2) is 0 Å². The van der Waals surface area contributed by atoms with Crippen LogP contribution in [0.3, 0.4) is 0 Å². The molecular formula is C18H22BrNO.